The normalized spacial score (nSPS) is 10.4. The van der Waals surface area contributed by atoms with E-state index in [9.17, 15) is 9.59 Å². The van der Waals surface area contributed by atoms with E-state index < -0.39 is 0 Å². The third-order valence-corrected chi connectivity index (χ3v) is 5.30. The largest absolute Gasteiger partial charge is 0.325 e. The predicted molar refractivity (Wildman–Crippen MR) is 107 cm³/mol. The molecule has 0 saturated carbocycles. The van der Waals surface area contributed by atoms with E-state index in [1.165, 1.54) is 11.8 Å². The highest BCUT2D eigenvalue weighted by Crippen LogP contribution is 2.24. The SMILES string of the molecule is Cc1c(Cl)cccc1NC(=O)CSCC(=O)Nc1cccc(Cl)c1C. The molecule has 4 nitrogen and oxygen atoms in total. The van der Waals surface area contributed by atoms with Crippen molar-refractivity contribution in [3.05, 3.63) is 57.6 Å². The molecule has 2 rings (SSSR count). The Hall–Kier alpha value is -1.69. The number of hydrogen-bond donors (Lipinski definition) is 2. The van der Waals surface area contributed by atoms with Crippen LogP contribution in [0.5, 0.6) is 0 Å². The van der Waals surface area contributed by atoms with E-state index in [1.807, 2.05) is 13.8 Å². The molecule has 0 aliphatic heterocycles. The van der Waals surface area contributed by atoms with Crippen LogP contribution in [0.1, 0.15) is 11.1 Å². The van der Waals surface area contributed by atoms with Gasteiger partial charge in [0.15, 0.2) is 0 Å². The van der Waals surface area contributed by atoms with Crippen LogP contribution in [0.25, 0.3) is 0 Å². The molecule has 0 aromatic heterocycles. The molecule has 0 atom stereocenters. The highest BCUT2D eigenvalue weighted by molar-refractivity contribution is 8.00. The van der Waals surface area contributed by atoms with Gasteiger partial charge >= 0.3 is 0 Å². The van der Waals surface area contributed by atoms with Crippen LogP contribution in [-0.4, -0.2) is 23.3 Å². The Morgan fingerprint density at radius 1 is 0.840 bits per heavy atom. The van der Waals surface area contributed by atoms with Crippen LogP contribution in [0.2, 0.25) is 10.0 Å². The quantitative estimate of drug-likeness (QED) is 0.728. The van der Waals surface area contributed by atoms with Gasteiger partial charge < -0.3 is 10.6 Å². The van der Waals surface area contributed by atoms with E-state index in [4.69, 9.17) is 23.2 Å². The van der Waals surface area contributed by atoms with Crippen LogP contribution in [0.3, 0.4) is 0 Å². The first kappa shape index (κ1) is 19.6. The zero-order valence-electron chi connectivity index (χ0n) is 13.9. The van der Waals surface area contributed by atoms with Crippen molar-refractivity contribution in [1.29, 1.82) is 0 Å². The molecule has 0 aliphatic rings. The molecule has 0 spiro atoms. The Morgan fingerprint density at radius 3 is 1.64 bits per heavy atom. The number of thioether (sulfide) groups is 1. The Morgan fingerprint density at radius 2 is 1.24 bits per heavy atom. The summed E-state index contributed by atoms with van der Waals surface area (Å²) in [5.41, 5.74) is 2.99. The number of carbonyl (C=O) groups excluding carboxylic acids is 2. The van der Waals surface area contributed by atoms with Crippen LogP contribution >= 0.6 is 35.0 Å². The highest BCUT2D eigenvalue weighted by atomic mass is 35.5. The lowest BCUT2D eigenvalue weighted by Crippen LogP contribution is -2.19. The topological polar surface area (TPSA) is 58.2 Å². The fourth-order valence-corrected chi connectivity index (χ4v) is 3.06. The van der Waals surface area contributed by atoms with Gasteiger partial charge in [-0.3, -0.25) is 9.59 Å². The lowest BCUT2D eigenvalue weighted by Gasteiger charge is -2.10. The van der Waals surface area contributed by atoms with Crippen LogP contribution in [0.15, 0.2) is 36.4 Å². The summed E-state index contributed by atoms with van der Waals surface area (Å²) in [6.07, 6.45) is 0. The van der Waals surface area contributed by atoms with Crippen molar-refractivity contribution in [3.8, 4) is 0 Å². The van der Waals surface area contributed by atoms with Gasteiger partial charge in [0, 0.05) is 21.4 Å². The van der Waals surface area contributed by atoms with Crippen LogP contribution in [0, 0.1) is 13.8 Å². The highest BCUT2D eigenvalue weighted by Gasteiger charge is 2.10. The molecule has 0 saturated heterocycles. The number of nitrogens with one attached hydrogen (secondary N) is 2. The molecule has 0 fully saturated rings. The average Bonchev–Trinajstić information content (AvgIpc) is 2.56. The lowest BCUT2D eigenvalue weighted by molar-refractivity contribution is -0.114. The van der Waals surface area contributed by atoms with Crippen LogP contribution in [-0.2, 0) is 9.59 Å². The molecule has 2 aromatic rings. The van der Waals surface area contributed by atoms with E-state index in [-0.39, 0.29) is 23.3 Å². The third-order valence-electron chi connectivity index (χ3n) is 3.55. The van der Waals surface area contributed by atoms with Crippen molar-refractivity contribution >= 4 is 58.2 Å². The molecule has 0 unspecified atom stereocenters. The number of carbonyl (C=O) groups is 2. The molecule has 132 valence electrons. The number of amides is 2. The molecule has 7 heteroatoms. The van der Waals surface area contributed by atoms with Crippen molar-refractivity contribution < 1.29 is 9.59 Å². The fraction of sp³-hybridized carbons (Fsp3) is 0.222. The van der Waals surface area contributed by atoms with Gasteiger partial charge in [-0.15, -0.1) is 11.8 Å². The van der Waals surface area contributed by atoms with Gasteiger partial charge in [-0.25, -0.2) is 0 Å². The van der Waals surface area contributed by atoms with Crippen LogP contribution in [0.4, 0.5) is 11.4 Å². The van der Waals surface area contributed by atoms with Gasteiger partial charge in [0.2, 0.25) is 11.8 Å². The minimum absolute atomic E-state index is 0.175. The predicted octanol–water partition coefficient (Wildman–Crippen LogP) is 4.92. The minimum Gasteiger partial charge on any atom is -0.325 e. The second-order valence-corrected chi connectivity index (χ2v) is 7.21. The molecular weight excluding hydrogens is 379 g/mol. The minimum atomic E-state index is -0.179. The standard InChI is InChI=1S/C18H18Cl2N2O2S/c1-11-13(19)5-3-7-15(11)21-17(23)9-25-10-18(24)22-16-8-4-6-14(20)12(16)2/h3-8H,9-10H2,1-2H3,(H,21,23)(H,22,24). The molecule has 0 heterocycles. The zero-order valence-corrected chi connectivity index (χ0v) is 16.2. The van der Waals surface area contributed by atoms with Gasteiger partial charge in [-0.1, -0.05) is 35.3 Å². The molecule has 2 amide bonds. The van der Waals surface area contributed by atoms with E-state index in [0.717, 1.165) is 11.1 Å². The number of hydrogen-bond acceptors (Lipinski definition) is 3. The number of benzene rings is 2. The second-order valence-electron chi connectivity index (χ2n) is 5.41. The first-order chi connectivity index (χ1) is 11.9. The summed E-state index contributed by atoms with van der Waals surface area (Å²) in [4.78, 5) is 24.0. The summed E-state index contributed by atoms with van der Waals surface area (Å²) in [7, 11) is 0. The molecule has 0 aliphatic carbocycles. The zero-order chi connectivity index (χ0) is 18.4. The summed E-state index contributed by atoms with van der Waals surface area (Å²) in [6, 6.07) is 10.7. The number of rotatable bonds is 6. The Labute approximate surface area is 161 Å². The van der Waals surface area contributed by atoms with E-state index in [0.29, 0.717) is 21.4 Å². The maximum Gasteiger partial charge on any atom is 0.234 e. The summed E-state index contributed by atoms with van der Waals surface area (Å²) in [6.45, 7) is 3.68. The summed E-state index contributed by atoms with van der Waals surface area (Å²) in [5, 5.41) is 6.79. The lowest BCUT2D eigenvalue weighted by atomic mass is 10.2. The van der Waals surface area contributed by atoms with Gasteiger partial charge in [-0.2, -0.15) is 0 Å². The Bertz CT molecular complexity index is 731. The molecule has 2 aromatic carbocycles. The first-order valence-corrected chi connectivity index (χ1v) is 9.47. The van der Waals surface area contributed by atoms with E-state index >= 15 is 0 Å². The van der Waals surface area contributed by atoms with Crippen molar-refractivity contribution in [2.45, 2.75) is 13.8 Å². The summed E-state index contributed by atoms with van der Waals surface area (Å²) >= 11 is 13.3. The molecule has 2 N–H and O–H groups in total. The third kappa shape index (κ3) is 5.66. The van der Waals surface area contributed by atoms with Gasteiger partial charge in [0.05, 0.1) is 11.5 Å². The van der Waals surface area contributed by atoms with Gasteiger partial charge in [0.25, 0.3) is 0 Å². The average molecular weight is 397 g/mol. The monoisotopic (exact) mass is 396 g/mol. The molecule has 0 radical (unpaired) electrons. The van der Waals surface area contributed by atoms with Gasteiger partial charge in [-0.05, 0) is 49.2 Å². The smallest absolute Gasteiger partial charge is 0.234 e. The number of halogens is 2. The summed E-state index contributed by atoms with van der Waals surface area (Å²) < 4.78 is 0. The number of anilines is 2. The Balaban J connectivity index is 1.80. The van der Waals surface area contributed by atoms with E-state index in [1.54, 1.807) is 36.4 Å². The van der Waals surface area contributed by atoms with Crippen molar-refractivity contribution in [3.63, 3.8) is 0 Å². The summed E-state index contributed by atoms with van der Waals surface area (Å²) in [5.74, 6) is -0.00821. The molecule has 25 heavy (non-hydrogen) atoms. The second kappa shape index (κ2) is 9.13. The van der Waals surface area contributed by atoms with Crippen LogP contribution < -0.4 is 10.6 Å². The fourth-order valence-electron chi connectivity index (χ4n) is 2.09. The first-order valence-electron chi connectivity index (χ1n) is 7.56. The Kier molecular flexibility index (Phi) is 7.17. The van der Waals surface area contributed by atoms with Crippen molar-refractivity contribution in [1.82, 2.24) is 0 Å². The van der Waals surface area contributed by atoms with E-state index in [2.05, 4.69) is 10.6 Å². The maximum atomic E-state index is 12.0. The van der Waals surface area contributed by atoms with Crippen molar-refractivity contribution in [2.75, 3.05) is 22.1 Å². The van der Waals surface area contributed by atoms with Crippen molar-refractivity contribution in [2.24, 2.45) is 0 Å². The van der Waals surface area contributed by atoms with Gasteiger partial charge in [0.1, 0.15) is 0 Å². The molecular formula is C18H18Cl2N2O2S. The molecule has 0 bridgehead atoms. The maximum absolute atomic E-state index is 12.0.